The SMILES string of the molecule is Clc1cn(CC2CCCOC2)cn1. The smallest absolute Gasteiger partial charge is 0.146 e. The van der Waals surface area contributed by atoms with Crippen molar-refractivity contribution in [3.05, 3.63) is 17.7 Å². The molecule has 2 rings (SSSR count). The highest BCUT2D eigenvalue weighted by Gasteiger charge is 2.14. The van der Waals surface area contributed by atoms with E-state index < -0.39 is 0 Å². The zero-order chi connectivity index (χ0) is 9.10. The van der Waals surface area contributed by atoms with Gasteiger partial charge in [-0.25, -0.2) is 4.98 Å². The molecule has 0 amide bonds. The Labute approximate surface area is 82.7 Å². The van der Waals surface area contributed by atoms with Gasteiger partial charge >= 0.3 is 0 Å². The fourth-order valence-corrected chi connectivity index (χ4v) is 1.85. The topological polar surface area (TPSA) is 27.1 Å². The van der Waals surface area contributed by atoms with Gasteiger partial charge in [0, 0.05) is 25.3 Å². The fourth-order valence-electron chi connectivity index (χ4n) is 1.68. The Morgan fingerprint density at radius 1 is 1.69 bits per heavy atom. The van der Waals surface area contributed by atoms with Gasteiger partial charge in [-0.1, -0.05) is 11.6 Å². The summed E-state index contributed by atoms with van der Waals surface area (Å²) in [7, 11) is 0. The number of ether oxygens (including phenoxy) is 1. The predicted molar refractivity (Wildman–Crippen MR) is 50.8 cm³/mol. The molecule has 13 heavy (non-hydrogen) atoms. The van der Waals surface area contributed by atoms with Crippen LogP contribution in [-0.2, 0) is 11.3 Å². The molecule has 1 aromatic heterocycles. The minimum absolute atomic E-state index is 0.566. The highest BCUT2D eigenvalue weighted by Crippen LogP contribution is 2.16. The van der Waals surface area contributed by atoms with Crippen LogP contribution < -0.4 is 0 Å². The monoisotopic (exact) mass is 200 g/mol. The molecule has 1 aliphatic heterocycles. The molecule has 1 atom stereocenters. The van der Waals surface area contributed by atoms with Crippen molar-refractivity contribution >= 4 is 11.6 Å². The Bertz CT molecular complexity index is 268. The molecule has 0 saturated carbocycles. The molecule has 1 fully saturated rings. The molecule has 2 heterocycles. The number of nitrogens with zero attached hydrogens (tertiary/aromatic N) is 2. The molecule has 0 bridgehead atoms. The van der Waals surface area contributed by atoms with Crippen LogP contribution in [0, 0.1) is 5.92 Å². The Morgan fingerprint density at radius 3 is 3.23 bits per heavy atom. The lowest BCUT2D eigenvalue weighted by Crippen LogP contribution is -2.21. The predicted octanol–water partition coefficient (Wildman–Crippen LogP) is 1.96. The molecule has 3 nitrogen and oxygen atoms in total. The van der Waals surface area contributed by atoms with Gasteiger partial charge in [-0.2, -0.15) is 0 Å². The number of halogens is 1. The van der Waals surface area contributed by atoms with Crippen LogP contribution in [0.4, 0.5) is 0 Å². The average molecular weight is 201 g/mol. The van der Waals surface area contributed by atoms with E-state index in [2.05, 4.69) is 4.98 Å². The normalized spacial score (nSPS) is 23.3. The van der Waals surface area contributed by atoms with Crippen molar-refractivity contribution in [2.45, 2.75) is 19.4 Å². The summed E-state index contributed by atoms with van der Waals surface area (Å²) in [5, 5.41) is 0.566. The summed E-state index contributed by atoms with van der Waals surface area (Å²) in [6.07, 6.45) is 6.05. The number of aromatic nitrogens is 2. The number of imidazole rings is 1. The lowest BCUT2D eigenvalue weighted by atomic mass is 10.0. The maximum Gasteiger partial charge on any atom is 0.146 e. The van der Waals surface area contributed by atoms with Crippen molar-refractivity contribution < 1.29 is 4.74 Å². The van der Waals surface area contributed by atoms with Crippen LogP contribution in [0.15, 0.2) is 12.5 Å². The minimum atomic E-state index is 0.566. The van der Waals surface area contributed by atoms with Gasteiger partial charge in [0.05, 0.1) is 12.9 Å². The van der Waals surface area contributed by atoms with E-state index >= 15 is 0 Å². The van der Waals surface area contributed by atoms with Crippen LogP contribution in [0.25, 0.3) is 0 Å². The fraction of sp³-hybridized carbons (Fsp3) is 0.667. The molecule has 0 aliphatic carbocycles. The number of hydrogen-bond donors (Lipinski definition) is 0. The third-order valence-corrected chi connectivity index (χ3v) is 2.52. The highest BCUT2D eigenvalue weighted by atomic mass is 35.5. The molecule has 0 aromatic carbocycles. The first-order valence-corrected chi connectivity index (χ1v) is 4.97. The molecule has 0 N–H and O–H groups in total. The van der Waals surface area contributed by atoms with Crippen molar-refractivity contribution in [1.29, 1.82) is 0 Å². The van der Waals surface area contributed by atoms with E-state index in [-0.39, 0.29) is 0 Å². The summed E-state index contributed by atoms with van der Waals surface area (Å²) >= 11 is 5.71. The van der Waals surface area contributed by atoms with Crippen LogP contribution in [-0.4, -0.2) is 22.8 Å². The second-order valence-corrected chi connectivity index (χ2v) is 3.86. The van der Waals surface area contributed by atoms with Crippen LogP contribution in [0.2, 0.25) is 5.15 Å². The lowest BCUT2D eigenvalue weighted by Gasteiger charge is -2.21. The van der Waals surface area contributed by atoms with E-state index in [1.807, 2.05) is 10.8 Å². The second kappa shape index (κ2) is 4.11. The van der Waals surface area contributed by atoms with Gasteiger partial charge in [0.25, 0.3) is 0 Å². The zero-order valence-corrected chi connectivity index (χ0v) is 8.20. The average Bonchev–Trinajstić information content (AvgIpc) is 2.53. The maximum absolute atomic E-state index is 5.71. The molecule has 4 heteroatoms. The summed E-state index contributed by atoms with van der Waals surface area (Å²) in [5.41, 5.74) is 0. The molecular weight excluding hydrogens is 188 g/mol. The van der Waals surface area contributed by atoms with Crippen molar-refractivity contribution in [1.82, 2.24) is 9.55 Å². The molecule has 1 aliphatic rings. The van der Waals surface area contributed by atoms with Gasteiger partial charge in [0.1, 0.15) is 5.15 Å². The molecule has 72 valence electrons. The van der Waals surface area contributed by atoms with Gasteiger partial charge in [0.15, 0.2) is 0 Å². The first-order chi connectivity index (χ1) is 6.34. The molecule has 1 unspecified atom stereocenters. The van der Waals surface area contributed by atoms with Gasteiger partial charge in [0.2, 0.25) is 0 Å². The van der Waals surface area contributed by atoms with E-state index in [0.717, 1.165) is 19.8 Å². The number of rotatable bonds is 2. The summed E-state index contributed by atoms with van der Waals surface area (Å²) in [5.74, 6) is 0.624. The molecule has 0 radical (unpaired) electrons. The lowest BCUT2D eigenvalue weighted by molar-refractivity contribution is 0.0483. The van der Waals surface area contributed by atoms with Crippen molar-refractivity contribution in [3.8, 4) is 0 Å². The summed E-state index contributed by atoms with van der Waals surface area (Å²) in [4.78, 5) is 3.97. The van der Waals surface area contributed by atoms with Crippen molar-refractivity contribution in [2.75, 3.05) is 13.2 Å². The molecule has 1 aromatic rings. The highest BCUT2D eigenvalue weighted by molar-refractivity contribution is 6.29. The van der Waals surface area contributed by atoms with Crippen LogP contribution in [0.1, 0.15) is 12.8 Å². The van der Waals surface area contributed by atoms with E-state index in [1.54, 1.807) is 6.33 Å². The van der Waals surface area contributed by atoms with Gasteiger partial charge in [-0.05, 0) is 12.8 Å². The third-order valence-electron chi connectivity index (χ3n) is 2.33. The second-order valence-electron chi connectivity index (χ2n) is 3.48. The largest absolute Gasteiger partial charge is 0.381 e. The summed E-state index contributed by atoms with van der Waals surface area (Å²) in [6, 6.07) is 0. The van der Waals surface area contributed by atoms with Gasteiger partial charge < -0.3 is 9.30 Å². The maximum atomic E-state index is 5.71. The zero-order valence-electron chi connectivity index (χ0n) is 7.45. The quantitative estimate of drug-likeness (QED) is 0.730. The van der Waals surface area contributed by atoms with Gasteiger partial charge in [-0.15, -0.1) is 0 Å². The summed E-state index contributed by atoms with van der Waals surface area (Å²) < 4.78 is 7.42. The van der Waals surface area contributed by atoms with Crippen LogP contribution in [0.3, 0.4) is 0 Å². The minimum Gasteiger partial charge on any atom is -0.381 e. The standard InChI is InChI=1S/C9H13ClN2O/c10-9-5-12(7-11-9)4-8-2-1-3-13-6-8/h5,7-8H,1-4,6H2. The van der Waals surface area contributed by atoms with E-state index in [0.29, 0.717) is 11.1 Å². The van der Waals surface area contributed by atoms with E-state index in [4.69, 9.17) is 16.3 Å². The van der Waals surface area contributed by atoms with Gasteiger partial charge in [-0.3, -0.25) is 0 Å². The third kappa shape index (κ3) is 2.45. The van der Waals surface area contributed by atoms with E-state index in [9.17, 15) is 0 Å². The van der Waals surface area contributed by atoms with E-state index in [1.165, 1.54) is 12.8 Å². The molecule has 1 saturated heterocycles. The van der Waals surface area contributed by atoms with Crippen LogP contribution in [0.5, 0.6) is 0 Å². The Balaban J connectivity index is 1.89. The van der Waals surface area contributed by atoms with Crippen molar-refractivity contribution in [3.63, 3.8) is 0 Å². The molecular formula is C9H13ClN2O. The summed E-state index contributed by atoms with van der Waals surface area (Å²) in [6.45, 7) is 2.76. The molecule has 0 spiro atoms. The first-order valence-electron chi connectivity index (χ1n) is 4.59. The van der Waals surface area contributed by atoms with Crippen LogP contribution >= 0.6 is 11.6 Å². The van der Waals surface area contributed by atoms with Crippen molar-refractivity contribution in [2.24, 2.45) is 5.92 Å². The Kier molecular flexibility index (Phi) is 2.86. The first kappa shape index (κ1) is 9.03. The number of hydrogen-bond acceptors (Lipinski definition) is 2. The Morgan fingerprint density at radius 2 is 2.62 bits per heavy atom. The Hall–Kier alpha value is -0.540.